The van der Waals surface area contributed by atoms with Gasteiger partial charge in [-0.1, -0.05) is 28.0 Å². The standard InChI is InChI=1S/C7H7BrO/c8-7-3-1-2-6(4-7)5-9/h1-4,9H,5H2/i1D,2D,3D,4D,5D2. The van der Waals surface area contributed by atoms with Gasteiger partial charge in [-0.25, -0.2) is 0 Å². The molecule has 0 spiro atoms. The fourth-order valence-corrected chi connectivity index (χ4v) is 0.674. The van der Waals surface area contributed by atoms with Crippen molar-refractivity contribution >= 4 is 15.9 Å². The molecule has 0 unspecified atom stereocenters. The Bertz CT molecular complexity index is 384. The van der Waals surface area contributed by atoms with Crippen LogP contribution in [0.1, 0.15) is 13.8 Å². The van der Waals surface area contributed by atoms with Gasteiger partial charge in [0.25, 0.3) is 0 Å². The van der Waals surface area contributed by atoms with E-state index in [9.17, 15) is 0 Å². The highest BCUT2D eigenvalue weighted by Crippen LogP contribution is 2.10. The lowest BCUT2D eigenvalue weighted by Crippen LogP contribution is -1.79. The molecule has 1 aromatic rings. The quantitative estimate of drug-likeness (QED) is 0.722. The van der Waals surface area contributed by atoms with E-state index in [-0.39, 0.29) is 10.5 Å². The van der Waals surface area contributed by atoms with Crippen molar-refractivity contribution < 1.29 is 13.3 Å². The van der Waals surface area contributed by atoms with Gasteiger partial charge in [0, 0.05) is 4.47 Å². The zero-order valence-corrected chi connectivity index (χ0v) is 5.91. The van der Waals surface area contributed by atoms with Crippen LogP contribution >= 0.6 is 15.9 Å². The molecule has 0 amide bonds. The summed E-state index contributed by atoms with van der Waals surface area (Å²) in [5.74, 6) is 0. The van der Waals surface area contributed by atoms with Crippen molar-refractivity contribution in [1.29, 1.82) is 0 Å². The lowest BCUT2D eigenvalue weighted by Gasteiger charge is -1.93. The van der Waals surface area contributed by atoms with Gasteiger partial charge in [-0.05, 0) is 17.6 Å². The van der Waals surface area contributed by atoms with Gasteiger partial charge in [-0.15, -0.1) is 0 Å². The highest BCUT2D eigenvalue weighted by molar-refractivity contribution is 9.10. The minimum Gasteiger partial charge on any atom is -0.392 e. The van der Waals surface area contributed by atoms with Crippen molar-refractivity contribution in [3.05, 3.63) is 34.2 Å². The van der Waals surface area contributed by atoms with Crippen molar-refractivity contribution in [3.8, 4) is 0 Å². The molecule has 0 aromatic heterocycles. The molecule has 0 saturated carbocycles. The van der Waals surface area contributed by atoms with E-state index < -0.39 is 30.2 Å². The molecule has 0 heterocycles. The van der Waals surface area contributed by atoms with Gasteiger partial charge in [0.05, 0.1) is 14.8 Å². The van der Waals surface area contributed by atoms with Crippen LogP contribution in [-0.4, -0.2) is 5.11 Å². The summed E-state index contributed by atoms with van der Waals surface area (Å²) in [6.07, 6.45) is 0. The van der Waals surface area contributed by atoms with Gasteiger partial charge >= 0.3 is 0 Å². The molecule has 0 aliphatic carbocycles. The van der Waals surface area contributed by atoms with Crippen LogP contribution in [0.15, 0.2) is 28.6 Å². The number of halogens is 1. The van der Waals surface area contributed by atoms with Gasteiger partial charge in [0.1, 0.15) is 0 Å². The molecule has 0 aliphatic rings. The maximum atomic E-state index is 9.12. The average molecular weight is 193 g/mol. The van der Waals surface area contributed by atoms with E-state index in [1.165, 1.54) is 0 Å². The fraction of sp³-hybridized carbons (Fsp3) is 0.143. The Hall–Kier alpha value is -0.340. The van der Waals surface area contributed by atoms with Crippen LogP contribution in [0.3, 0.4) is 0 Å². The number of hydrogen-bond donors (Lipinski definition) is 1. The van der Waals surface area contributed by atoms with Crippen molar-refractivity contribution in [2.75, 3.05) is 0 Å². The van der Waals surface area contributed by atoms with Crippen LogP contribution in [0.2, 0.25) is 0 Å². The molecule has 0 saturated heterocycles. The number of benzene rings is 1. The van der Waals surface area contributed by atoms with Gasteiger partial charge in [0.2, 0.25) is 0 Å². The molecule has 2 heteroatoms. The highest BCUT2D eigenvalue weighted by Gasteiger charge is 1.88. The Morgan fingerprint density at radius 2 is 2.56 bits per heavy atom. The van der Waals surface area contributed by atoms with Crippen LogP contribution in [-0.2, 0) is 6.56 Å². The Balaban J connectivity index is 3.68. The minimum absolute atomic E-state index is 0.101. The molecule has 0 radical (unpaired) electrons. The summed E-state index contributed by atoms with van der Waals surface area (Å²) in [5.41, 5.74) is -0.602. The van der Waals surface area contributed by atoms with Crippen LogP contribution in [0, 0.1) is 0 Å². The Labute approximate surface area is 70.9 Å². The molecular formula is C7H7BrO. The maximum absolute atomic E-state index is 9.12. The van der Waals surface area contributed by atoms with Crippen molar-refractivity contribution in [2.45, 2.75) is 6.56 Å². The predicted molar refractivity (Wildman–Crippen MR) is 40.1 cm³/mol. The van der Waals surface area contributed by atoms with Crippen LogP contribution in [0.4, 0.5) is 0 Å². The molecule has 0 bridgehead atoms. The third-order valence-electron chi connectivity index (χ3n) is 0.706. The molecule has 0 aliphatic heterocycles. The van der Waals surface area contributed by atoms with Crippen LogP contribution in [0.25, 0.3) is 0 Å². The van der Waals surface area contributed by atoms with E-state index in [0.717, 1.165) is 0 Å². The number of aliphatic hydroxyl groups is 1. The van der Waals surface area contributed by atoms with E-state index in [1.54, 1.807) is 0 Å². The highest BCUT2D eigenvalue weighted by atomic mass is 79.9. The summed E-state index contributed by atoms with van der Waals surface area (Å²) in [4.78, 5) is 0. The third-order valence-corrected chi connectivity index (χ3v) is 1.10. The fourth-order valence-electron chi connectivity index (χ4n) is 0.377. The molecule has 9 heavy (non-hydrogen) atoms. The zero-order chi connectivity index (χ0) is 12.0. The normalized spacial score (nSPS) is 20.7. The lowest BCUT2D eigenvalue weighted by molar-refractivity contribution is 0.282. The first kappa shape index (κ1) is 2.36. The second kappa shape index (κ2) is 2.99. The molecule has 0 fully saturated rings. The van der Waals surface area contributed by atoms with E-state index in [1.807, 2.05) is 0 Å². The average Bonchev–Trinajstić information content (AvgIpc) is 2.09. The summed E-state index contributed by atoms with van der Waals surface area (Å²) in [6.45, 7) is -2.86. The van der Waals surface area contributed by atoms with E-state index in [0.29, 0.717) is 0 Å². The Morgan fingerprint density at radius 1 is 1.78 bits per heavy atom. The first-order valence-electron chi connectivity index (χ1n) is 5.16. The van der Waals surface area contributed by atoms with Crippen LogP contribution < -0.4 is 0 Å². The van der Waals surface area contributed by atoms with Gasteiger partial charge in [-0.3, -0.25) is 0 Å². The zero-order valence-electron chi connectivity index (χ0n) is 10.3. The summed E-state index contributed by atoms with van der Waals surface area (Å²) in [5, 5.41) is 9.12. The molecule has 1 N–H and O–H groups in total. The van der Waals surface area contributed by atoms with Gasteiger partial charge < -0.3 is 5.11 Å². The first-order valence-corrected chi connectivity index (χ1v) is 2.96. The summed E-state index contributed by atoms with van der Waals surface area (Å²) in [6, 6.07) is -2.00. The maximum Gasteiger partial charge on any atom is 0.0682 e. The number of hydrogen-bond acceptors (Lipinski definition) is 1. The SMILES string of the molecule is [2H]c1c([2H])c(Br)c([2H])c(C([2H])([2H])O)c1[2H]. The molecule has 1 aromatic carbocycles. The minimum atomic E-state index is -2.86. The van der Waals surface area contributed by atoms with Crippen molar-refractivity contribution in [1.82, 2.24) is 0 Å². The molecular weight excluding hydrogens is 180 g/mol. The Kier molecular flexibility index (Phi) is 0.785. The summed E-state index contributed by atoms with van der Waals surface area (Å²) < 4.78 is 43.5. The number of rotatable bonds is 1. The largest absolute Gasteiger partial charge is 0.392 e. The van der Waals surface area contributed by atoms with Crippen LogP contribution in [0.5, 0.6) is 0 Å². The van der Waals surface area contributed by atoms with E-state index >= 15 is 0 Å². The molecule has 1 nitrogen and oxygen atoms in total. The second-order valence-electron chi connectivity index (χ2n) is 1.30. The second-order valence-corrected chi connectivity index (χ2v) is 2.09. The third kappa shape index (κ3) is 1.80. The predicted octanol–water partition coefficient (Wildman–Crippen LogP) is 1.94. The monoisotopic (exact) mass is 192 g/mol. The smallest absolute Gasteiger partial charge is 0.0682 e. The van der Waals surface area contributed by atoms with E-state index in [4.69, 9.17) is 13.3 Å². The molecule has 1 rings (SSSR count). The summed E-state index contributed by atoms with van der Waals surface area (Å²) in [7, 11) is 0. The Morgan fingerprint density at radius 3 is 3.22 bits per heavy atom. The van der Waals surface area contributed by atoms with Gasteiger partial charge in [0.15, 0.2) is 0 Å². The molecule has 0 atom stereocenters. The lowest BCUT2D eigenvalue weighted by atomic mass is 10.2. The first-order chi connectivity index (χ1) is 6.68. The summed E-state index contributed by atoms with van der Waals surface area (Å²) >= 11 is 2.85. The van der Waals surface area contributed by atoms with E-state index in [2.05, 4.69) is 15.9 Å². The topological polar surface area (TPSA) is 20.2 Å². The molecule has 48 valence electrons. The van der Waals surface area contributed by atoms with Gasteiger partial charge in [-0.2, -0.15) is 0 Å². The van der Waals surface area contributed by atoms with Crippen molar-refractivity contribution in [3.63, 3.8) is 0 Å². The van der Waals surface area contributed by atoms with Crippen molar-refractivity contribution in [2.24, 2.45) is 0 Å².